The van der Waals surface area contributed by atoms with Crippen molar-refractivity contribution in [2.24, 2.45) is 0 Å². The largest absolute Gasteiger partial charge is 0.443 e. The van der Waals surface area contributed by atoms with Crippen molar-refractivity contribution in [2.45, 2.75) is 25.3 Å². The number of rotatable bonds is 2. The van der Waals surface area contributed by atoms with Gasteiger partial charge in [0.15, 0.2) is 17.8 Å². The molecule has 5 nitrogen and oxygen atoms in total. The number of oxazole rings is 1. The van der Waals surface area contributed by atoms with Gasteiger partial charge in [0.25, 0.3) is 5.91 Å². The molecule has 1 amide bonds. The fourth-order valence-corrected chi connectivity index (χ4v) is 3.69. The van der Waals surface area contributed by atoms with E-state index in [9.17, 15) is 9.18 Å². The standard InChI is InChI=1S/C18H20FN3O2/c19-14-6-4-13(5-7-14)17-16(20-12-24-17)18(23)22-10-9-21-8-2-1-3-15(21)11-22/h4-7,12,15H,1-3,8-11H2. The molecule has 1 atom stereocenters. The summed E-state index contributed by atoms with van der Waals surface area (Å²) in [6.07, 6.45) is 4.91. The van der Waals surface area contributed by atoms with Crippen LogP contribution in [0.25, 0.3) is 11.3 Å². The second-order valence-electron chi connectivity index (χ2n) is 6.47. The van der Waals surface area contributed by atoms with Crippen LogP contribution < -0.4 is 0 Å². The van der Waals surface area contributed by atoms with Gasteiger partial charge >= 0.3 is 0 Å². The maximum Gasteiger partial charge on any atom is 0.276 e. The van der Waals surface area contributed by atoms with E-state index in [1.54, 1.807) is 12.1 Å². The van der Waals surface area contributed by atoms with E-state index >= 15 is 0 Å². The Morgan fingerprint density at radius 3 is 2.83 bits per heavy atom. The summed E-state index contributed by atoms with van der Waals surface area (Å²) in [7, 11) is 0. The lowest BCUT2D eigenvalue weighted by molar-refractivity contribution is 0.0369. The Hall–Kier alpha value is -2.21. The maximum atomic E-state index is 13.1. The number of carbonyl (C=O) groups is 1. The van der Waals surface area contributed by atoms with Crippen LogP contribution in [0.3, 0.4) is 0 Å². The second-order valence-corrected chi connectivity index (χ2v) is 6.47. The number of benzene rings is 1. The van der Waals surface area contributed by atoms with Crippen molar-refractivity contribution < 1.29 is 13.6 Å². The third-order valence-corrected chi connectivity index (χ3v) is 5.00. The second kappa shape index (κ2) is 6.36. The molecule has 126 valence electrons. The van der Waals surface area contributed by atoms with Gasteiger partial charge in [0, 0.05) is 31.2 Å². The van der Waals surface area contributed by atoms with Gasteiger partial charge in [-0.3, -0.25) is 9.69 Å². The maximum absolute atomic E-state index is 13.1. The zero-order valence-electron chi connectivity index (χ0n) is 13.4. The fourth-order valence-electron chi connectivity index (χ4n) is 3.69. The Bertz CT molecular complexity index is 728. The van der Waals surface area contributed by atoms with Gasteiger partial charge in [-0.25, -0.2) is 9.37 Å². The molecule has 0 bridgehead atoms. The van der Waals surface area contributed by atoms with Crippen LogP contribution in [0.4, 0.5) is 4.39 Å². The van der Waals surface area contributed by atoms with Crippen LogP contribution in [0.15, 0.2) is 35.1 Å². The molecule has 0 spiro atoms. The Labute approximate surface area is 140 Å². The van der Waals surface area contributed by atoms with Crippen LogP contribution in [0, 0.1) is 5.82 Å². The number of hydrogen-bond acceptors (Lipinski definition) is 4. The van der Waals surface area contributed by atoms with Gasteiger partial charge in [-0.05, 0) is 43.7 Å². The molecule has 2 fully saturated rings. The average molecular weight is 329 g/mol. The van der Waals surface area contributed by atoms with Crippen LogP contribution in [-0.2, 0) is 0 Å². The van der Waals surface area contributed by atoms with Gasteiger partial charge in [-0.15, -0.1) is 0 Å². The van der Waals surface area contributed by atoms with E-state index in [1.165, 1.54) is 31.4 Å². The SMILES string of the molecule is O=C(c1ncoc1-c1ccc(F)cc1)N1CCN2CCCCC2C1. The average Bonchev–Trinajstić information content (AvgIpc) is 3.11. The Morgan fingerprint density at radius 2 is 2.00 bits per heavy atom. The smallest absolute Gasteiger partial charge is 0.276 e. The minimum absolute atomic E-state index is 0.103. The molecule has 24 heavy (non-hydrogen) atoms. The quantitative estimate of drug-likeness (QED) is 0.850. The molecule has 6 heteroatoms. The van der Waals surface area contributed by atoms with E-state index in [1.807, 2.05) is 4.90 Å². The van der Waals surface area contributed by atoms with Crippen molar-refractivity contribution >= 4 is 5.91 Å². The van der Waals surface area contributed by atoms with E-state index < -0.39 is 0 Å². The van der Waals surface area contributed by atoms with Crippen LogP contribution in [0.1, 0.15) is 29.8 Å². The van der Waals surface area contributed by atoms with Crippen LogP contribution in [0.2, 0.25) is 0 Å². The summed E-state index contributed by atoms with van der Waals surface area (Å²) < 4.78 is 18.5. The highest BCUT2D eigenvalue weighted by molar-refractivity contribution is 5.97. The highest BCUT2D eigenvalue weighted by atomic mass is 19.1. The Balaban J connectivity index is 1.55. The van der Waals surface area contributed by atoms with Crippen molar-refractivity contribution in [1.82, 2.24) is 14.8 Å². The topological polar surface area (TPSA) is 49.6 Å². The number of fused-ring (bicyclic) bond motifs is 1. The molecule has 1 aromatic carbocycles. The van der Waals surface area contributed by atoms with E-state index in [0.29, 0.717) is 29.6 Å². The number of aromatic nitrogens is 1. The molecule has 3 heterocycles. The van der Waals surface area contributed by atoms with Gasteiger partial charge < -0.3 is 9.32 Å². The molecule has 2 aliphatic heterocycles. The van der Waals surface area contributed by atoms with Crippen molar-refractivity contribution in [3.05, 3.63) is 42.2 Å². The van der Waals surface area contributed by atoms with Crippen molar-refractivity contribution in [3.63, 3.8) is 0 Å². The van der Waals surface area contributed by atoms with Crippen LogP contribution in [-0.4, -0.2) is 52.9 Å². The predicted molar refractivity (Wildman–Crippen MR) is 87.0 cm³/mol. The first-order valence-electron chi connectivity index (χ1n) is 8.45. The van der Waals surface area contributed by atoms with Crippen molar-refractivity contribution in [1.29, 1.82) is 0 Å². The number of amides is 1. The lowest BCUT2D eigenvalue weighted by Crippen LogP contribution is -2.56. The zero-order chi connectivity index (χ0) is 16.5. The normalized spacial score (nSPS) is 21.5. The summed E-state index contributed by atoms with van der Waals surface area (Å²) >= 11 is 0. The highest BCUT2D eigenvalue weighted by Crippen LogP contribution is 2.26. The molecular formula is C18H20FN3O2. The summed E-state index contributed by atoms with van der Waals surface area (Å²) in [5, 5.41) is 0. The molecule has 4 rings (SSSR count). The summed E-state index contributed by atoms with van der Waals surface area (Å²) in [6, 6.07) is 6.37. The summed E-state index contributed by atoms with van der Waals surface area (Å²) in [6.45, 7) is 3.51. The first-order chi connectivity index (χ1) is 11.7. The third-order valence-electron chi connectivity index (χ3n) is 5.00. The Kier molecular flexibility index (Phi) is 4.06. The van der Waals surface area contributed by atoms with Crippen LogP contribution >= 0.6 is 0 Å². The Morgan fingerprint density at radius 1 is 1.17 bits per heavy atom. The lowest BCUT2D eigenvalue weighted by Gasteiger charge is -2.43. The number of carbonyl (C=O) groups excluding carboxylic acids is 1. The first-order valence-corrected chi connectivity index (χ1v) is 8.45. The first kappa shape index (κ1) is 15.3. The monoisotopic (exact) mass is 329 g/mol. The molecule has 1 unspecified atom stereocenters. The summed E-state index contributed by atoms with van der Waals surface area (Å²) in [4.78, 5) is 21.4. The van der Waals surface area contributed by atoms with Gasteiger partial charge in [-0.2, -0.15) is 0 Å². The molecule has 1 aromatic heterocycles. The molecule has 2 aliphatic rings. The highest BCUT2D eigenvalue weighted by Gasteiger charge is 2.33. The minimum atomic E-state index is -0.320. The van der Waals surface area contributed by atoms with Crippen molar-refractivity contribution in [3.8, 4) is 11.3 Å². The molecule has 0 saturated carbocycles. The van der Waals surface area contributed by atoms with Gasteiger partial charge in [0.05, 0.1) is 0 Å². The number of nitrogens with zero attached hydrogens (tertiary/aromatic N) is 3. The van der Waals surface area contributed by atoms with Gasteiger partial charge in [0.2, 0.25) is 0 Å². The zero-order valence-corrected chi connectivity index (χ0v) is 13.4. The lowest BCUT2D eigenvalue weighted by atomic mass is 9.99. The molecule has 0 aliphatic carbocycles. The molecular weight excluding hydrogens is 309 g/mol. The third kappa shape index (κ3) is 2.82. The summed E-state index contributed by atoms with van der Waals surface area (Å²) in [5.74, 6) is -0.0149. The number of piperidine rings is 1. The van der Waals surface area contributed by atoms with Crippen molar-refractivity contribution in [2.75, 3.05) is 26.2 Å². The van der Waals surface area contributed by atoms with E-state index in [-0.39, 0.29) is 11.7 Å². The molecule has 0 radical (unpaired) electrons. The molecule has 2 saturated heterocycles. The summed E-state index contributed by atoms with van der Waals surface area (Å²) in [5.41, 5.74) is 0.972. The van der Waals surface area contributed by atoms with Gasteiger partial charge in [0.1, 0.15) is 5.82 Å². The van der Waals surface area contributed by atoms with Crippen LogP contribution in [0.5, 0.6) is 0 Å². The predicted octanol–water partition coefficient (Wildman–Crippen LogP) is 2.79. The van der Waals surface area contributed by atoms with E-state index in [0.717, 1.165) is 26.1 Å². The van der Waals surface area contributed by atoms with E-state index in [2.05, 4.69) is 9.88 Å². The number of halogens is 1. The molecule has 2 aromatic rings. The molecule has 0 N–H and O–H groups in total. The van der Waals surface area contributed by atoms with E-state index in [4.69, 9.17) is 4.42 Å². The number of hydrogen-bond donors (Lipinski definition) is 0. The fraction of sp³-hybridized carbons (Fsp3) is 0.444. The van der Waals surface area contributed by atoms with Gasteiger partial charge in [-0.1, -0.05) is 6.42 Å². The number of piperazine rings is 1. The minimum Gasteiger partial charge on any atom is -0.443 e.